The van der Waals surface area contributed by atoms with Crippen LogP contribution in [0.25, 0.3) is 0 Å². The van der Waals surface area contributed by atoms with E-state index in [1.54, 1.807) is 55.6 Å². The minimum Gasteiger partial charge on any atom is -0.497 e. The predicted molar refractivity (Wildman–Crippen MR) is 130 cm³/mol. The van der Waals surface area contributed by atoms with Crippen molar-refractivity contribution < 1.29 is 19.1 Å². The summed E-state index contributed by atoms with van der Waals surface area (Å²) in [5, 5.41) is 8.37. The highest BCUT2D eigenvalue weighted by molar-refractivity contribution is 6.01. The van der Waals surface area contributed by atoms with Crippen molar-refractivity contribution in [2.24, 2.45) is 0 Å². The number of nitrogens with one attached hydrogen (secondary N) is 3. The van der Waals surface area contributed by atoms with Crippen molar-refractivity contribution in [1.29, 1.82) is 0 Å². The van der Waals surface area contributed by atoms with E-state index in [2.05, 4.69) is 16.0 Å². The standard InChI is InChI=1S/C26H27N3O4/c1-18-11-14-21(28-26(32)27-20-7-4-3-5-8-20)17-23(18)29-25(31)10-6-9-24(30)19-12-15-22(33-2)16-13-19/h3-5,7-8,11-17H,6,9-10H2,1-2H3,(H,29,31)(H2,27,28,32). The van der Waals surface area contributed by atoms with Crippen molar-refractivity contribution in [1.82, 2.24) is 0 Å². The van der Waals surface area contributed by atoms with Gasteiger partial charge in [-0.3, -0.25) is 9.59 Å². The number of para-hydroxylation sites is 1. The second-order valence-electron chi connectivity index (χ2n) is 7.53. The molecule has 0 aliphatic heterocycles. The number of hydrogen-bond acceptors (Lipinski definition) is 4. The SMILES string of the molecule is COc1ccc(C(=O)CCCC(=O)Nc2cc(NC(=O)Nc3ccccc3)ccc2C)cc1. The van der Waals surface area contributed by atoms with Crippen LogP contribution in [0.2, 0.25) is 0 Å². The number of aryl methyl sites for hydroxylation is 1. The number of ketones is 1. The second kappa shape index (κ2) is 11.5. The molecule has 0 aromatic heterocycles. The van der Waals surface area contributed by atoms with Gasteiger partial charge < -0.3 is 20.7 Å². The maximum atomic E-state index is 12.4. The molecule has 0 saturated carbocycles. The summed E-state index contributed by atoms with van der Waals surface area (Å²) in [5.41, 5.74) is 3.31. The summed E-state index contributed by atoms with van der Waals surface area (Å²) in [4.78, 5) is 36.9. The number of carbonyl (C=O) groups excluding carboxylic acids is 3. The maximum Gasteiger partial charge on any atom is 0.323 e. The van der Waals surface area contributed by atoms with Gasteiger partial charge in [-0.1, -0.05) is 24.3 Å². The molecule has 0 bridgehead atoms. The molecule has 0 fully saturated rings. The first-order valence-corrected chi connectivity index (χ1v) is 10.7. The Morgan fingerprint density at radius 2 is 1.48 bits per heavy atom. The van der Waals surface area contributed by atoms with Gasteiger partial charge in [0.25, 0.3) is 0 Å². The molecule has 3 N–H and O–H groups in total. The van der Waals surface area contributed by atoms with E-state index in [4.69, 9.17) is 4.74 Å². The lowest BCUT2D eigenvalue weighted by Crippen LogP contribution is -2.19. The van der Waals surface area contributed by atoms with Crippen LogP contribution in [-0.4, -0.2) is 24.8 Å². The summed E-state index contributed by atoms with van der Waals surface area (Å²) < 4.78 is 5.09. The Bertz CT molecular complexity index is 1110. The van der Waals surface area contributed by atoms with E-state index in [-0.39, 0.29) is 30.6 Å². The van der Waals surface area contributed by atoms with Crippen LogP contribution in [0.3, 0.4) is 0 Å². The van der Waals surface area contributed by atoms with Gasteiger partial charge in [0.15, 0.2) is 5.78 Å². The zero-order chi connectivity index (χ0) is 23.6. The molecule has 0 radical (unpaired) electrons. The average Bonchev–Trinajstić information content (AvgIpc) is 2.82. The summed E-state index contributed by atoms with van der Waals surface area (Å²) in [6.45, 7) is 1.87. The minimum absolute atomic E-state index is 0.0164. The summed E-state index contributed by atoms with van der Waals surface area (Å²) in [7, 11) is 1.57. The lowest BCUT2D eigenvalue weighted by atomic mass is 10.1. The molecular weight excluding hydrogens is 418 g/mol. The van der Waals surface area contributed by atoms with Gasteiger partial charge in [-0.2, -0.15) is 0 Å². The number of urea groups is 1. The molecule has 0 spiro atoms. The quantitative estimate of drug-likeness (QED) is 0.371. The lowest BCUT2D eigenvalue weighted by molar-refractivity contribution is -0.116. The van der Waals surface area contributed by atoms with Crippen LogP contribution in [0.1, 0.15) is 35.2 Å². The number of rotatable bonds is 9. The molecule has 0 saturated heterocycles. The Labute approximate surface area is 193 Å². The maximum absolute atomic E-state index is 12.4. The van der Waals surface area contributed by atoms with Gasteiger partial charge in [0.2, 0.25) is 5.91 Å². The van der Waals surface area contributed by atoms with E-state index in [1.165, 1.54) is 0 Å². The Morgan fingerprint density at radius 3 is 2.18 bits per heavy atom. The molecule has 3 rings (SSSR count). The van der Waals surface area contributed by atoms with Gasteiger partial charge in [0.05, 0.1) is 7.11 Å². The highest BCUT2D eigenvalue weighted by Gasteiger charge is 2.11. The Kier molecular flexibility index (Phi) is 8.18. The number of hydrogen-bond donors (Lipinski definition) is 3. The predicted octanol–water partition coefficient (Wildman–Crippen LogP) is 5.64. The van der Waals surface area contributed by atoms with Crippen LogP contribution in [-0.2, 0) is 4.79 Å². The molecular formula is C26H27N3O4. The smallest absolute Gasteiger partial charge is 0.323 e. The van der Waals surface area contributed by atoms with E-state index in [0.717, 1.165) is 5.56 Å². The first-order chi connectivity index (χ1) is 15.9. The molecule has 0 heterocycles. The first kappa shape index (κ1) is 23.5. The first-order valence-electron chi connectivity index (χ1n) is 10.7. The number of methoxy groups -OCH3 is 1. The fourth-order valence-electron chi connectivity index (χ4n) is 3.19. The highest BCUT2D eigenvalue weighted by Crippen LogP contribution is 2.21. The molecule has 3 aromatic carbocycles. The fraction of sp³-hybridized carbons (Fsp3) is 0.192. The van der Waals surface area contributed by atoms with E-state index < -0.39 is 0 Å². The fourth-order valence-corrected chi connectivity index (χ4v) is 3.19. The van der Waals surface area contributed by atoms with Gasteiger partial charge in [-0.05, 0) is 67.4 Å². The second-order valence-corrected chi connectivity index (χ2v) is 7.53. The molecule has 0 unspecified atom stereocenters. The van der Waals surface area contributed by atoms with E-state index in [1.807, 2.05) is 31.2 Å². The minimum atomic E-state index is -0.376. The average molecular weight is 446 g/mol. The highest BCUT2D eigenvalue weighted by atomic mass is 16.5. The Balaban J connectivity index is 1.49. The van der Waals surface area contributed by atoms with Crippen molar-refractivity contribution in [2.75, 3.05) is 23.1 Å². The van der Waals surface area contributed by atoms with Crippen molar-refractivity contribution in [3.63, 3.8) is 0 Å². The third-order valence-corrected chi connectivity index (χ3v) is 5.02. The Morgan fingerprint density at radius 1 is 0.788 bits per heavy atom. The number of amides is 3. The summed E-state index contributed by atoms with van der Waals surface area (Å²) in [5.74, 6) is 0.486. The van der Waals surface area contributed by atoms with Crippen LogP contribution in [0.5, 0.6) is 5.75 Å². The molecule has 0 atom stereocenters. The number of Topliss-reactive ketones (excluding diaryl/α,β-unsaturated/α-hetero) is 1. The molecule has 7 heteroatoms. The van der Waals surface area contributed by atoms with Crippen LogP contribution < -0.4 is 20.7 Å². The molecule has 0 aliphatic rings. The monoisotopic (exact) mass is 445 g/mol. The van der Waals surface area contributed by atoms with Gasteiger partial charge in [0, 0.05) is 35.5 Å². The summed E-state index contributed by atoms with van der Waals surface area (Å²) in [6.07, 6.45) is 0.931. The van der Waals surface area contributed by atoms with E-state index in [9.17, 15) is 14.4 Å². The zero-order valence-electron chi connectivity index (χ0n) is 18.7. The molecule has 170 valence electrons. The topological polar surface area (TPSA) is 96.5 Å². The largest absolute Gasteiger partial charge is 0.497 e. The van der Waals surface area contributed by atoms with Crippen LogP contribution in [0.4, 0.5) is 21.9 Å². The van der Waals surface area contributed by atoms with Crippen LogP contribution >= 0.6 is 0 Å². The van der Waals surface area contributed by atoms with Gasteiger partial charge in [0.1, 0.15) is 5.75 Å². The zero-order valence-corrected chi connectivity index (χ0v) is 18.7. The lowest BCUT2D eigenvalue weighted by Gasteiger charge is -2.12. The third kappa shape index (κ3) is 7.21. The molecule has 0 aliphatic carbocycles. The summed E-state index contributed by atoms with van der Waals surface area (Å²) in [6, 6.07) is 21.0. The summed E-state index contributed by atoms with van der Waals surface area (Å²) >= 11 is 0. The van der Waals surface area contributed by atoms with Gasteiger partial charge >= 0.3 is 6.03 Å². The molecule has 3 aromatic rings. The number of carbonyl (C=O) groups is 3. The van der Waals surface area contributed by atoms with Gasteiger partial charge in [-0.15, -0.1) is 0 Å². The van der Waals surface area contributed by atoms with Crippen molar-refractivity contribution >= 4 is 34.8 Å². The molecule has 33 heavy (non-hydrogen) atoms. The van der Waals surface area contributed by atoms with Crippen molar-refractivity contribution in [2.45, 2.75) is 26.2 Å². The number of benzene rings is 3. The third-order valence-electron chi connectivity index (χ3n) is 5.02. The Hall–Kier alpha value is -4.13. The molecule has 3 amide bonds. The normalized spacial score (nSPS) is 10.2. The molecule has 7 nitrogen and oxygen atoms in total. The van der Waals surface area contributed by atoms with Crippen molar-refractivity contribution in [3.05, 3.63) is 83.9 Å². The van der Waals surface area contributed by atoms with Crippen LogP contribution in [0, 0.1) is 6.92 Å². The number of anilines is 3. The van der Waals surface area contributed by atoms with Crippen LogP contribution in [0.15, 0.2) is 72.8 Å². The number of ether oxygens (including phenoxy) is 1. The van der Waals surface area contributed by atoms with Gasteiger partial charge in [-0.25, -0.2) is 4.79 Å². The van der Waals surface area contributed by atoms with E-state index >= 15 is 0 Å². The van der Waals surface area contributed by atoms with E-state index in [0.29, 0.717) is 34.8 Å². The van der Waals surface area contributed by atoms with Crippen molar-refractivity contribution in [3.8, 4) is 5.75 Å².